The van der Waals surface area contributed by atoms with Crippen molar-refractivity contribution >= 4 is 50.9 Å². The van der Waals surface area contributed by atoms with Crippen molar-refractivity contribution in [3.63, 3.8) is 0 Å². The zero-order valence-electron chi connectivity index (χ0n) is 12.2. The first-order valence-electron chi connectivity index (χ1n) is 6.86. The van der Waals surface area contributed by atoms with Crippen molar-refractivity contribution in [2.45, 2.75) is 0 Å². The number of carboxylic acid groups (broad SMARTS) is 1. The summed E-state index contributed by atoms with van der Waals surface area (Å²) in [6.07, 6.45) is 3.43. The largest absolute Gasteiger partial charge is 0.480 e. The number of benzene rings is 1. The number of aromatic nitrogens is 1. The Morgan fingerprint density at radius 3 is 2.75 bits per heavy atom. The van der Waals surface area contributed by atoms with E-state index in [0.717, 1.165) is 26.8 Å². The van der Waals surface area contributed by atoms with Crippen LogP contribution >= 0.6 is 27.7 Å². The van der Waals surface area contributed by atoms with Gasteiger partial charge in [0.05, 0.1) is 4.91 Å². The van der Waals surface area contributed by atoms with E-state index in [2.05, 4.69) is 15.9 Å². The van der Waals surface area contributed by atoms with Crippen LogP contribution in [0.2, 0.25) is 0 Å². The number of carbonyl (C=O) groups excluding carboxylic acids is 2. The van der Waals surface area contributed by atoms with E-state index in [1.165, 1.54) is 0 Å². The van der Waals surface area contributed by atoms with Gasteiger partial charge in [-0.25, -0.2) is 0 Å². The van der Waals surface area contributed by atoms with Crippen molar-refractivity contribution in [1.82, 2.24) is 9.47 Å². The zero-order valence-corrected chi connectivity index (χ0v) is 14.6. The Morgan fingerprint density at radius 1 is 1.25 bits per heavy atom. The highest BCUT2D eigenvalue weighted by Crippen LogP contribution is 2.32. The van der Waals surface area contributed by atoms with Crippen molar-refractivity contribution in [1.29, 1.82) is 0 Å². The van der Waals surface area contributed by atoms with Crippen LogP contribution in [0.25, 0.3) is 11.8 Å². The van der Waals surface area contributed by atoms with Gasteiger partial charge in [0, 0.05) is 22.1 Å². The smallest absolute Gasteiger partial charge is 0.323 e. The van der Waals surface area contributed by atoms with Gasteiger partial charge < -0.3 is 9.67 Å². The number of hydrogen-bond acceptors (Lipinski definition) is 4. The zero-order chi connectivity index (χ0) is 17.3. The number of thioether (sulfide) groups is 1. The molecule has 0 atom stereocenters. The highest BCUT2D eigenvalue weighted by atomic mass is 79.9. The molecule has 2 amide bonds. The molecule has 1 aromatic carbocycles. The summed E-state index contributed by atoms with van der Waals surface area (Å²) in [5.74, 6) is -1.81. The Labute approximate surface area is 149 Å². The van der Waals surface area contributed by atoms with E-state index < -0.39 is 23.7 Å². The van der Waals surface area contributed by atoms with Crippen molar-refractivity contribution in [2.24, 2.45) is 0 Å². The second kappa shape index (κ2) is 6.66. The van der Waals surface area contributed by atoms with Crippen LogP contribution in [0.4, 0.5) is 4.79 Å². The molecule has 1 fully saturated rings. The van der Waals surface area contributed by atoms with Crippen LogP contribution in [-0.2, 0) is 9.59 Å². The Bertz CT molecular complexity index is 874. The second-order valence-electron chi connectivity index (χ2n) is 4.94. The molecule has 0 radical (unpaired) electrons. The molecule has 0 unspecified atom stereocenters. The van der Waals surface area contributed by atoms with E-state index in [4.69, 9.17) is 5.11 Å². The van der Waals surface area contributed by atoms with Gasteiger partial charge in [0.2, 0.25) is 0 Å². The molecular weight excluding hydrogens is 396 g/mol. The number of hydrogen-bond donors (Lipinski definition) is 1. The summed E-state index contributed by atoms with van der Waals surface area (Å²) in [7, 11) is 0. The summed E-state index contributed by atoms with van der Waals surface area (Å²) in [5, 5.41) is 8.21. The number of carboxylic acids is 1. The third-order valence-corrected chi connectivity index (χ3v) is 4.71. The monoisotopic (exact) mass is 406 g/mol. The molecule has 24 heavy (non-hydrogen) atoms. The van der Waals surface area contributed by atoms with E-state index in [1.807, 2.05) is 47.2 Å². The van der Waals surface area contributed by atoms with E-state index >= 15 is 0 Å². The van der Waals surface area contributed by atoms with Crippen molar-refractivity contribution in [3.05, 3.63) is 57.7 Å². The standard InChI is InChI=1S/C16H11BrN2O4S/c17-10-3-1-4-11(7-10)18-6-2-5-12(18)8-13-15(22)19(9-14(20)21)16(23)24-13/h1-8H,9H2,(H,20,21)/b13-8+. The predicted molar refractivity (Wildman–Crippen MR) is 93.8 cm³/mol. The third-order valence-electron chi connectivity index (χ3n) is 3.31. The number of imide groups is 1. The van der Waals surface area contributed by atoms with E-state index in [9.17, 15) is 14.4 Å². The first kappa shape index (κ1) is 16.5. The van der Waals surface area contributed by atoms with Crippen LogP contribution in [0.1, 0.15) is 5.69 Å². The summed E-state index contributed by atoms with van der Waals surface area (Å²) < 4.78 is 2.79. The summed E-state index contributed by atoms with van der Waals surface area (Å²) in [6, 6.07) is 11.3. The molecule has 0 bridgehead atoms. The van der Waals surface area contributed by atoms with E-state index in [0.29, 0.717) is 5.69 Å². The lowest BCUT2D eigenvalue weighted by Gasteiger charge is -2.08. The fourth-order valence-electron chi connectivity index (χ4n) is 2.28. The molecule has 0 saturated carbocycles. The van der Waals surface area contributed by atoms with Gasteiger partial charge in [-0.3, -0.25) is 19.3 Å². The van der Waals surface area contributed by atoms with Crippen LogP contribution in [-0.4, -0.2) is 38.2 Å². The van der Waals surface area contributed by atoms with Gasteiger partial charge in [-0.1, -0.05) is 22.0 Å². The molecule has 8 heteroatoms. The van der Waals surface area contributed by atoms with Crippen LogP contribution in [0.15, 0.2) is 52.0 Å². The molecule has 1 aliphatic rings. The summed E-state index contributed by atoms with van der Waals surface area (Å²) in [4.78, 5) is 35.7. The van der Waals surface area contributed by atoms with E-state index in [1.54, 1.807) is 6.08 Å². The normalized spacial score (nSPS) is 16.2. The Kier molecular flexibility index (Phi) is 4.59. The molecule has 1 aromatic heterocycles. The first-order valence-corrected chi connectivity index (χ1v) is 8.47. The molecule has 2 heterocycles. The number of nitrogens with zero attached hydrogens (tertiary/aromatic N) is 2. The number of carbonyl (C=O) groups is 3. The van der Waals surface area contributed by atoms with Gasteiger partial charge in [0.25, 0.3) is 11.1 Å². The van der Waals surface area contributed by atoms with E-state index in [-0.39, 0.29) is 4.91 Å². The molecule has 6 nitrogen and oxygen atoms in total. The van der Waals surface area contributed by atoms with Gasteiger partial charge in [-0.05, 0) is 48.2 Å². The van der Waals surface area contributed by atoms with Gasteiger partial charge in [-0.15, -0.1) is 0 Å². The fraction of sp³-hybridized carbons (Fsp3) is 0.0625. The van der Waals surface area contributed by atoms with Crippen LogP contribution < -0.4 is 0 Å². The number of amides is 2. The number of aliphatic carboxylic acids is 1. The summed E-state index contributed by atoms with van der Waals surface area (Å²) in [5.41, 5.74) is 1.61. The predicted octanol–water partition coefficient (Wildman–Crippen LogP) is 3.36. The maximum atomic E-state index is 12.2. The van der Waals surface area contributed by atoms with Crippen LogP contribution in [0.3, 0.4) is 0 Å². The molecule has 122 valence electrons. The van der Waals surface area contributed by atoms with Gasteiger partial charge in [-0.2, -0.15) is 0 Å². The SMILES string of the molecule is O=C(O)CN1C(=O)S/C(=C/c2cccn2-c2cccc(Br)c2)C1=O. The number of halogens is 1. The quantitative estimate of drug-likeness (QED) is 0.787. The lowest BCUT2D eigenvalue weighted by atomic mass is 10.3. The molecule has 0 aliphatic carbocycles. The van der Waals surface area contributed by atoms with Gasteiger partial charge in [0.1, 0.15) is 6.54 Å². The molecule has 1 N–H and O–H groups in total. The molecule has 1 aliphatic heterocycles. The average molecular weight is 407 g/mol. The second-order valence-corrected chi connectivity index (χ2v) is 6.85. The minimum atomic E-state index is -1.23. The van der Waals surface area contributed by atoms with Crippen molar-refractivity contribution in [2.75, 3.05) is 6.54 Å². The average Bonchev–Trinajstić information content (AvgIpc) is 3.08. The Hall–Kier alpha value is -2.32. The summed E-state index contributed by atoms with van der Waals surface area (Å²) in [6.45, 7) is -0.630. The highest BCUT2D eigenvalue weighted by Gasteiger charge is 2.36. The van der Waals surface area contributed by atoms with Crippen molar-refractivity contribution < 1.29 is 19.5 Å². The highest BCUT2D eigenvalue weighted by molar-refractivity contribution is 9.10. The topological polar surface area (TPSA) is 79.6 Å². The first-order chi connectivity index (χ1) is 11.5. The Balaban J connectivity index is 1.93. The van der Waals surface area contributed by atoms with Gasteiger partial charge >= 0.3 is 5.97 Å². The minimum absolute atomic E-state index is 0.205. The van der Waals surface area contributed by atoms with Crippen molar-refractivity contribution in [3.8, 4) is 5.69 Å². The lowest BCUT2D eigenvalue weighted by Crippen LogP contribution is -2.33. The molecular formula is C16H11BrN2O4S. The van der Waals surface area contributed by atoms with Crippen LogP contribution in [0.5, 0.6) is 0 Å². The molecule has 3 rings (SSSR count). The summed E-state index contributed by atoms with van der Waals surface area (Å²) >= 11 is 4.16. The minimum Gasteiger partial charge on any atom is -0.480 e. The Morgan fingerprint density at radius 2 is 2.04 bits per heavy atom. The molecule has 1 saturated heterocycles. The maximum Gasteiger partial charge on any atom is 0.323 e. The van der Waals surface area contributed by atoms with Crippen LogP contribution in [0, 0.1) is 0 Å². The maximum absolute atomic E-state index is 12.2. The fourth-order valence-corrected chi connectivity index (χ4v) is 3.49. The molecule has 0 spiro atoms. The third kappa shape index (κ3) is 3.29. The van der Waals surface area contributed by atoms with Gasteiger partial charge in [0.15, 0.2) is 0 Å². The molecule has 2 aromatic rings. The lowest BCUT2D eigenvalue weighted by molar-refractivity contribution is -0.140. The number of rotatable bonds is 4.